The number of amides is 1. The van der Waals surface area contributed by atoms with Gasteiger partial charge in [-0.25, -0.2) is 4.98 Å². The summed E-state index contributed by atoms with van der Waals surface area (Å²) in [6.45, 7) is 4.54. The SMILES string of the molecule is Cc1nc(CN(C)C(=O)CN2CCC(N)CC2)n[nH]1. The highest BCUT2D eigenvalue weighted by atomic mass is 16.2. The highest BCUT2D eigenvalue weighted by Gasteiger charge is 2.20. The van der Waals surface area contributed by atoms with Crippen molar-refractivity contribution in [3.05, 3.63) is 11.6 Å². The Morgan fingerprint density at radius 2 is 2.21 bits per heavy atom. The number of aromatic nitrogens is 3. The first-order valence-corrected chi connectivity index (χ1v) is 6.64. The van der Waals surface area contributed by atoms with Crippen LogP contribution in [0.4, 0.5) is 0 Å². The molecule has 0 spiro atoms. The fraction of sp³-hybridized carbons (Fsp3) is 0.750. The van der Waals surface area contributed by atoms with Gasteiger partial charge in [-0.05, 0) is 19.8 Å². The van der Waals surface area contributed by atoms with Crippen LogP contribution in [0.3, 0.4) is 0 Å². The standard InChI is InChI=1S/C12H22N6O/c1-9-14-11(16-15-9)7-17(2)12(19)8-18-5-3-10(13)4-6-18/h10H,3-8,13H2,1-2H3,(H,14,15,16). The van der Waals surface area contributed by atoms with Crippen LogP contribution in [0, 0.1) is 6.92 Å². The number of hydrogen-bond donors (Lipinski definition) is 2. The van der Waals surface area contributed by atoms with Crippen molar-refractivity contribution in [2.24, 2.45) is 5.73 Å². The first-order chi connectivity index (χ1) is 9.04. The fourth-order valence-electron chi connectivity index (χ4n) is 2.18. The van der Waals surface area contributed by atoms with Crippen LogP contribution in [0.2, 0.25) is 0 Å². The maximum absolute atomic E-state index is 12.1. The van der Waals surface area contributed by atoms with Crippen molar-refractivity contribution in [1.82, 2.24) is 25.0 Å². The first kappa shape index (κ1) is 14.0. The molecule has 1 fully saturated rings. The van der Waals surface area contributed by atoms with Crippen molar-refractivity contribution in [2.45, 2.75) is 32.4 Å². The Balaban J connectivity index is 1.79. The van der Waals surface area contributed by atoms with E-state index in [1.54, 1.807) is 11.9 Å². The molecule has 0 radical (unpaired) electrons. The zero-order chi connectivity index (χ0) is 13.8. The van der Waals surface area contributed by atoms with E-state index < -0.39 is 0 Å². The second-order valence-electron chi connectivity index (χ2n) is 5.20. The second-order valence-corrected chi connectivity index (χ2v) is 5.20. The molecule has 2 rings (SSSR count). The van der Waals surface area contributed by atoms with Gasteiger partial charge >= 0.3 is 0 Å². The van der Waals surface area contributed by atoms with Crippen LogP contribution in [0.25, 0.3) is 0 Å². The summed E-state index contributed by atoms with van der Waals surface area (Å²) in [4.78, 5) is 20.1. The average molecular weight is 266 g/mol. The van der Waals surface area contributed by atoms with E-state index in [2.05, 4.69) is 20.1 Å². The highest BCUT2D eigenvalue weighted by Crippen LogP contribution is 2.08. The van der Waals surface area contributed by atoms with Gasteiger partial charge in [0.1, 0.15) is 5.82 Å². The summed E-state index contributed by atoms with van der Waals surface area (Å²) in [5, 5.41) is 6.81. The second kappa shape index (κ2) is 6.12. The van der Waals surface area contributed by atoms with Gasteiger partial charge in [-0.3, -0.25) is 14.8 Å². The Morgan fingerprint density at radius 3 is 2.79 bits per heavy atom. The molecule has 106 valence electrons. The lowest BCUT2D eigenvalue weighted by Crippen LogP contribution is -2.44. The Kier molecular flexibility index (Phi) is 4.49. The lowest BCUT2D eigenvalue weighted by Gasteiger charge is -2.30. The zero-order valence-corrected chi connectivity index (χ0v) is 11.6. The van der Waals surface area contributed by atoms with Gasteiger partial charge in [0.2, 0.25) is 5.91 Å². The maximum Gasteiger partial charge on any atom is 0.236 e. The molecule has 7 nitrogen and oxygen atoms in total. The molecular formula is C12H22N6O. The van der Waals surface area contributed by atoms with Gasteiger partial charge in [-0.15, -0.1) is 0 Å². The molecule has 0 atom stereocenters. The number of rotatable bonds is 4. The molecule has 1 saturated heterocycles. The van der Waals surface area contributed by atoms with Crippen LogP contribution in [0.1, 0.15) is 24.5 Å². The predicted molar refractivity (Wildman–Crippen MR) is 71.2 cm³/mol. The normalized spacial score (nSPS) is 17.6. The summed E-state index contributed by atoms with van der Waals surface area (Å²) in [6, 6.07) is 0.292. The van der Waals surface area contributed by atoms with E-state index in [1.807, 2.05) is 6.92 Å². The molecule has 19 heavy (non-hydrogen) atoms. The molecule has 7 heteroatoms. The number of nitrogens with zero attached hydrogens (tertiary/aromatic N) is 4. The molecule has 1 aliphatic heterocycles. The third kappa shape index (κ3) is 4.00. The summed E-state index contributed by atoms with van der Waals surface area (Å²) in [6.07, 6.45) is 1.94. The number of likely N-dealkylation sites (N-methyl/N-ethyl adjacent to an activating group) is 1. The van der Waals surface area contributed by atoms with E-state index in [-0.39, 0.29) is 5.91 Å². The van der Waals surface area contributed by atoms with Crippen LogP contribution in [-0.4, -0.2) is 63.6 Å². The van der Waals surface area contributed by atoms with Gasteiger partial charge < -0.3 is 10.6 Å². The number of hydrogen-bond acceptors (Lipinski definition) is 5. The molecular weight excluding hydrogens is 244 g/mol. The van der Waals surface area contributed by atoms with E-state index in [0.29, 0.717) is 25.0 Å². The molecule has 1 aromatic heterocycles. The van der Waals surface area contributed by atoms with Crippen molar-refractivity contribution in [2.75, 3.05) is 26.7 Å². The van der Waals surface area contributed by atoms with Gasteiger partial charge in [0.25, 0.3) is 0 Å². The van der Waals surface area contributed by atoms with Crippen molar-refractivity contribution < 1.29 is 4.79 Å². The third-order valence-electron chi connectivity index (χ3n) is 3.44. The van der Waals surface area contributed by atoms with Crippen LogP contribution in [-0.2, 0) is 11.3 Å². The van der Waals surface area contributed by atoms with Crippen molar-refractivity contribution in [3.8, 4) is 0 Å². The topological polar surface area (TPSA) is 91.1 Å². The third-order valence-corrected chi connectivity index (χ3v) is 3.44. The average Bonchev–Trinajstić information content (AvgIpc) is 2.77. The lowest BCUT2D eigenvalue weighted by molar-refractivity contribution is -0.132. The van der Waals surface area contributed by atoms with Gasteiger partial charge in [0, 0.05) is 26.2 Å². The van der Waals surface area contributed by atoms with E-state index >= 15 is 0 Å². The van der Waals surface area contributed by atoms with Crippen molar-refractivity contribution in [3.63, 3.8) is 0 Å². The summed E-state index contributed by atoms with van der Waals surface area (Å²) in [5.41, 5.74) is 5.85. The number of likely N-dealkylation sites (tertiary alicyclic amines) is 1. The molecule has 0 unspecified atom stereocenters. The Bertz CT molecular complexity index is 424. The lowest BCUT2D eigenvalue weighted by atomic mass is 10.1. The minimum Gasteiger partial charge on any atom is -0.337 e. The summed E-state index contributed by atoms with van der Waals surface area (Å²) in [7, 11) is 1.78. The molecule has 1 aromatic rings. The Hall–Kier alpha value is -1.47. The Labute approximate surface area is 113 Å². The smallest absolute Gasteiger partial charge is 0.236 e. The molecule has 0 aliphatic carbocycles. The molecule has 0 saturated carbocycles. The number of carbonyl (C=O) groups is 1. The van der Waals surface area contributed by atoms with Crippen LogP contribution < -0.4 is 5.73 Å². The van der Waals surface area contributed by atoms with Gasteiger partial charge in [0.15, 0.2) is 5.82 Å². The van der Waals surface area contributed by atoms with Crippen molar-refractivity contribution in [1.29, 1.82) is 0 Å². The largest absolute Gasteiger partial charge is 0.337 e. The molecule has 3 N–H and O–H groups in total. The first-order valence-electron chi connectivity index (χ1n) is 6.64. The minimum atomic E-state index is 0.0953. The maximum atomic E-state index is 12.1. The minimum absolute atomic E-state index is 0.0953. The van der Waals surface area contributed by atoms with Gasteiger partial charge in [-0.2, -0.15) is 5.10 Å². The molecule has 1 amide bonds. The number of piperidine rings is 1. The van der Waals surface area contributed by atoms with E-state index in [0.717, 1.165) is 31.8 Å². The quantitative estimate of drug-likeness (QED) is 0.766. The van der Waals surface area contributed by atoms with E-state index in [9.17, 15) is 4.79 Å². The van der Waals surface area contributed by atoms with Crippen LogP contribution in [0.15, 0.2) is 0 Å². The molecule has 0 aromatic carbocycles. The highest BCUT2D eigenvalue weighted by molar-refractivity contribution is 5.77. The van der Waals surface area contributed by atoms with E-state index in [1.165, 1.54) is 0 Å². The Morgan fingerprint density at radius 1 is 1.53 bits per heavy atom. The molecule has 1 aliphatic rings. The number of aromatic amines is 1. The summed E-state index contributed by atoms with van der Waals surface area (Å²) < 4.78 is 0. The number of nitrogens with two attached hydrogens (primary N) is 1. The monoisotopic (exact) mass is 266 g/mol. The number of carbonyl (C=O) groups excluding carboxylic acids is 1. The van der Waals surface area contributed by atoms with Gasteiger partial charge in [0.05, 0.1) is 13.1 Å². The summed E-state index contributed by atoms with van der Waals surface area (Å²) in [5.74, 6) is 1.51. The van der Waals surface area contributed by atoms with Crippen molar-refractivity contribution >= 4 is 5.91 Å². The zero-order valence-electron chi connectivity index (χ0n) is 11.6. The number of nitrogens with one attached hydrogen (secondary N) is 1. The molecule has 0 bridgehead atoms. The molecule has 2 heterocycles. The van der Waals surface area contributed by atoms with Crippen LogP contribution in [0.5, 0.6) is 0 Å². The fourth-order valence-corrected chi connectivity index (χ4v) is 2.18. The number of aryl methyl sites for hydroxylation is 1. The van der Waals surface area contributed by atoms with Crippen LogP contribution >= 0.6 is 0 Å². The predicted octanol–water partition coefficient (Wildman–Crippen LogP) is -0.505. The van der Waals surface area contributed by atoms with Gasteiger partial charge in [-0.1, -0.05) is 0 Å². The summed E-state index contributed by atoms with van der Waals surface area (Å²) >= 11 is 0. The van der Waals surface area contributed by atoms with E-state index in [4.69, 9.17) is 5.73 Å². The number of H-pyrrole nitrogens is 1.